The van der Waals surface area contributed by atoms with E-state index in [1.807, 2.05) is 0 Å². The zero-order valence-electron chi connectivity index (χ0n) is 35.1. The highest BCUT2D eigenvalue weighted by Crippen LogP contribution is 2.46. The summed E-state index contributed by atoms with van der Waals surface area (Å²) in [5, 5.41) is 35.7. The number of unbranched alkanes of at least 4 members (excludes halogenated alkanes) is 15. The Balaban J connectivity index is 1.22. The lowest BCUT2D eigenvalue weighted by Crippen LogP contribution is -2.41. The summed E-state index contributed by atoms with van der Waals surface area (Å²) in [6, 6.07) is 10.4. The molecule has 6 atom stereocenters. The zero-order chi connectivity index (χ0) is 42.5. The van der Waals surface area contributed by atoms with Gasteiger partial charge in [-0.25, -0.2) is 14.1 Å². The van der Waals surface area contributed by atoms with E-state index in [2.05, 4.69) is 29.0 Å². The average molecular weight is 841 g/mol. The Morgan fingerprint density at radius 2 is 1.59 bits per heavy atom. The van der Waals surface area contributed by atoms with Crippen LogP contribution >= 0.6 is 7.82 Å². The molecule has 14 nitrogen and oxygen atoms in total. The molecule has 0 aliphatic carbocycles. The van der Waals surface area contributed by atoms with Gasteiger partial charge in [-0.15, -0.1) is 6.42 Å². The summed E-state index contributed by atoms with van der Waals surface area (Å²) in [4.78, 5) is 14.8. The van der Waals surface area contributed by atoms with E-state index in [4.69, 9.17) is 34.4 Å². The molecule has 59 heavy (non-hydrogen) atoms. The minimum absolute atomic E-state index is 0.0126. The predicted molar refractivity (Wildman–Crippen MR) is 224 cm³/mol. The van der Waals surface area contributed by atoms with Gasteiger partial charge in [0.25, 0.3) is 0 Å². The summed E-state index contributed by atoms with van der Waals surface area (Å²) in [6.45, 7) is 3.59. The lowest BCUT2D eigenvalue weighted by molar-refractivity contribution is -0.0682. The van der Waals surface area contributed by atoms with Gasteiger partial charge in [0.1, 0.15) is 36.5 Å². The van der Waals surface area contributed by atoms with Gasteiger partial charge in [-0.3, -0.25) is 9.05 Å². The number of ether oxygens (including phenoxy) is 4. The number of terminal acetylenes is 1. The third-order valence-corrected chi connectivity index (χ3v) is 11.8. The van der Waals surface area contributed by atoms with Crippen molar-refractivity contribution in [1.82, 2.24) is 14.6 Å². The molecule has 1 aliphatic rings. The Labute approximate surface area is 350 Å². The van der Waals surface area contributed by atoms with Gasteiger partial charge < -0.3 is 34.1 Å². The Morgan fingerprint density at radius 3 is 2.20 bits per heavy atom. The van der Waals surface area contributed by atoms with Gasteiger partial charge in [-0.05, 0) is 43.7 Å². The quantitative estimate of drug-likeness (QED) is 0.0335. The fourth-order valence-electron chi connectivity index (χ4n) is 7.36. The summed E-state index contributed by atoms with van der Waals surface area (Å²) in [6.07, 6.45) is 22.3. The molecular weight excluding hydrogens is 775 g/mol. The molecule has 0 bridgehead atoms. The topological polar surface area (TPSA) is 187 Å². The number of aryl methyl sites for hydroxylation is 1. The lowest BCUT2D eigenvalue weighted by Gasteiger charge is -2.26. The van der Waals surface area contributed by atoms with Crippen molar-refractivity contribution in [1.29, 1.82) is 5.26 Å². The van der Waals surface area contributed by atoms with Crippen LogP contribution in [0.3, 0.4) is 0 Å². The molecule has 3 heterocycles. The second-order valence-corrected chi connectivity index (χ2v) is 16.8. The number of hydrogen-bond donors (Lipinski definition) is 3. The van der Waals surface area contributed by atoms with E-state index in [0.717, 1.165) is 19.3 Å². The largest absolute Gasteiger partial charge is 0.496 e. The van der Waals surface area contributed by atoms with Crippen molar-refractivity contribution < 1.29 is 47.7 Å². The molecule has 3 N–H and O–H groups in total. The Morgan fingerprint density at radius 1 is 0.949 bits per heavy atom. The van der Waals surface area contributed by atoms with E-state index in [9.17, 15) is 24.9 Å². The van der Waals surface area contributed by atoms with Gasteiger partial charge >= 0.3 is 7.82 Å². The summed E-state index contributed by atoms with van der Waals surface area (Å²) in [7, 11) is -3.24. The minimum Gasteiger partial charge on any atom is -0.496 e. The first-order valence-electron chi connectivity index (χ1n) is 21.3. The number of methoxy groups -OCH3 is 1. The number of nitrogens with zero attached hydrogens (tertiary/aromatic N) is 4. The second kappa shape index (κ2) is 25.4. The van der Waals surface area contributed by atoms with Crippen LogP contribution in [0.1, 0.15) is 132 Å². The first-order chi connectivity index (χ1) is 28.6. The molecule has 15 heteroatoms. The van der Waals surface area contributed by atoms with Crippen molar-refractivity contribution in [2.24, 2.45) is 0 Å². The highest BCUT2D eigenvalue weighted by atomic mass is 31.2. The smallest absolute Gasteiger partial charge is 0.472 e. The van der Waals surface area contributed by atoms with E-state index >= 15 is 0 Å². The number of aliphatic hydroxyl groups excluding tert-OH is 2. The fraction of sp³-hybridized carbons (Fsp3) is 0.659. The van der Waals surface area contributed by atoms with Gasteiger partial charge in [-0.2, -0.15) is 10.4 Å². The molecule has 0 radical (unpaired) electrons. The molecular formula is C44H65N4O10P. The van der Waals surface area contributed by atoms with Crippen LogP contribution < -0.4 is 4.74 Å². The monoisotopic (exact) mass is 840 g/mol. The van der Waals surface area contributed by atoms with Crippen molar-refractivity contribution in [3.05, 3.63) is 59.2 Å². The number of aliphatic hydroxyl groups is 2. The van der Waals surface area contributed by atoms with Crippen LogP contribution in [0.5, 0.6) is 5.75 Å². The lowest BCUT2D eigenvalue weighted by atomic mass is 9.92. The molecule has 1 aromatic carbocycles. The predicted octanol–water partition coefficient (Wildman–Crippen LogP) is 7.86. The maximum atomic E-state index is 13.1. The summed E-state index contributed by atoms with van der Waals surface area (Å²) in [5.41, 5.74) is 0.750. The van der Waals surface area contributed by atoms with Crippen LogP contribution in [0.4, 0.5) is 0 Å². The van der Waals surface area contributed by atoms with E-state index in [1.165, 1.54) is 101 Å². The molecule has 1 fully saturated rings. The van der Waals surface area contributed by atoms with Crippen molar-refractivity contribution in [3.63, 3.8) is 0 Å². The molecule has 2 aromatic heterocycles. The SMILES string of the molecule is C#C[C@@]1(c2ccc3c(C)ncnn23)O[C@H](COP(=O)(O)OC[C@@H](COCCCCCCCCCCCCCCCCCC)OCc2cc(C#N)ccc2OC)[C@@H](O)[C@H]1O. The maximum absolute atomic E-state index is 13.1. The fourth-order valence-corrected chi connectivity index (χ4v) is 8.12. The Kier molecular flexibility index (Phi) is 20.8. The van der Waals surface area contributed by atoms with Gasteiger partial charge in [-0.1, -0.05) is 109 Å². The van der Waals surface area contributed by atoms with Gasteiger partial charge in [0.2, 0.25) is 0 Å². The highest BCUT2D eigenvalue weighted by molar-refractivity contribution is 7.47. The first kappa shape index (κ1) is 48.3. The molecule has 0 saturated carbocycles. The van der Waals surface area contributed by atoms with E-state index < -0.39 is 44.4 Å². The van der Waals surface area contributed by atoms with Crippen LogP contribution in [0.2, 0.25) is 0 Å². The third kappa shape index (κ3) is 14.6. The van der Waals surface area contributed by atoms with E-state index in [0.29, 0.717) is 34.7 Å². The van der Waals surface area contributed by atoms with Crippen LogP contribution in [-0.2, 0) is 40.0 Å². The van der Waals surface area contributed by atoms with Crippen LogP contribution in [0.15, 0.2) is 36.7 Å². The molecule has 1 aliphatic heterocycles. The van der Waals surface area contributed by atoms with Crippen LogP contribution in [-0.4, -0.2) is 87.7 Å². The number of hydrogen-bond acceptors (Lipinski definition) is 12. The molecule has 1 unspecified atom stereocenters. The van der Waals surface area contributed by atoms with Gasteiger partial charge in [0.15, 0.2) is 5.60 Å². The number of nitriles is 1. The maximum Gasteiger partial charge on any atom is 0.472 e. The third-order valence-electron chi connectivity index (χ3n) is 10.9. The second-order valence-electron chi connectivity index (χ2n) is 15.3. The number of benzene rings is 1. The number of aromatic nitrogens is 3. The standard InChI is InChI=1S/C44H65N4O10P/c1-5-7-8-9-10-11-12-13-14-15-16-17-18-19-20-21-26-54-30-37(55-29-36-27-35(28-45)22-24-39(36)53-4)31-56-59(51,52)57-32-40-42(49)43(50)44(6-2,58-40)41-25-23-38-34(3)46-33-47-48(38)41/h2,22-25,27,33,37,40,42-43,49-50H,5,7-21,26,29-32H2,1,3-4H3,(H,51,52)/t37-,40-,42-,43-,44+/m1/s1. The average Bonchev–Trinajstić information content (AvgIpc) is 3.79. The normalized spacial score (nSPS) is 20.6. The van der Waals surface area contributed by atoms with Crippen molar-refractivity contribution in [2.45, 2.75) is 153 Å². The molecule has 1 saturated heterocycles. The number of phosphoric acid groups is 1. The minimum atomic E-state index is -4.76. The zero-order valence-corrected chi connectivity index (χ0v) is 36.0. The summed E-state index contributed by atoms with van der Waals surface area (Å²) >= 11 is 0. The van der Waals surface area contributed by atoms with E-state index in [-0.39, 0.29) is 25.5 Å². The summed E-state index contributed by atoms with van der Waals surface area (Å²) < 4.78 is 48.7. The number of fused-ring (bicyclic) bond motifs is 1. The van der Waals surface area contributed by atoms with Crippen molar-refractivity contribution >= 4 is 13.3 Å². The summed E-state index contributed by atoms with van der Waals surface area (Å²) in [5.74, 6) is 2.97. The highest BCUT2D eigenvalue weighted by Gasteiger charge is 2.56. The van der Waals surface area contributed by atoms with E-state index in [1.54, 1.807) is 37.3 Å². The van der Waals surface area contributed by atoms with Gasteiger partial charge in [0, 0.05) is 12.2 Å². The molecule has 4 rings (SSSR count). The Bertz CT molecular complexity index is 1830. The molecule has 0 amide bonds. The van der Waals surface area contributed by atoms with Crippen molar-refractivity contribution in [3.8, 4) is 24.2 Å². The van der Waals surface area contributed by atoms with Crippen molar-refractivity contribution in [2.75, 3.05) is 33.5 Å². The molecule has 3 aromatic rings. The molecule has 326 valence electrons. The Hall–Kier alpha value is -3.40. The van der Waals surface area contributed by atoms with Gasteiger partial charge in [0.05, 0.1) is 62.1 Å². The van der Waals surface area contributed by atoms with Crippen LogP contribution in [0.25, 0.3) is 5.52 Å². The number of phosphoric ester groups is 1. The first-order valence-corrected chi connectivity index (χ1v) is 22.8. The van der Waals surface area contributed by atoms with Crippen LogP contribution in [0, 0.1) is 30.6 Å². The molecule has 0 spiro atoms. The number of rotatable bonds is 30.